The molecule has 0 saturated carbocycles. The zero-order valence-electron chi connectivity index (χ0n) is 16.3. The first kappa shape index (κ1) is 18.9. The van der Waals surface area contributed by atoms with Gasteiger partial charge >= 0.3 is 0 Å². The number of aromatic nitrogens is 3. The molecule has 7 heteroatoms. The van der Waals surface area contributed by atoms with Gasteiger partial charge in [-0.05, 0) is 69.0 Å². The first-order valence-corrected chi connectivity index (χ1v) is 11.3. The zero-order valence-corrected chi connectivity index (χ0v) is 17.9. The molecule has 1 aliphatic rings. The Kier molecular flexibility index (Phi) is 4.94. The number of thiazole rings is 1. The number of benzene rings is 1. The average Bonchev–Trinajstić information content (AvgIpc) is 3.35. The summed E-state index contributed by atoms with van der Waals surface area (Å²) in [7, 11) is 0. The molecule has 0 atom stereocenters. The molecule has 1 saturated heterocycles. The summed E-state index contributed by atoms with van der Waals surface area (Å²) in [5.74, 6) is 0.551. The molecule has 0 spiro atoms. The number of aromatic amines is 1. The number of likely N-dealkylation sites (tertiary alicyclic amines) is 1. The van der Waals surface area contributed by atoms with Crippen molar-refractivity contribution < 1.29 is 0 Å². The molecule has 4 heterocycles. The molecule has 4 aromatic rings. The second-order valence-corrected chi connectivity index (χ2v) is 9.15. The van der Waals surface area contributed by atoms with E-state index in [9.17, 15) is 4.79 Å². The maximum absolute atomic E-state index is 12.7. The Bertz CT molecular complexity index is 1230. The molecule has 1 fully saturated rings. The summed E-state index contributed by atoms with van der Waals surface area (Å²) >= 11 is 7.71. The Morgan fingerprint density at radius 2 is 2.14 bits per heavy atom. The fourth-order valence-corrected chi connectivity index (χ4v) is 5.42. The second-order valence-electron chi connectivity index (χ2n) is 7.84. The Balaban J connectivity index is 1.26. The van der Waals surface area contributed by atoms with E-state index in [-0.39, 0.29) is 5.56 Å². The molecule has 5 rings (SSSR count). The average molecular weight is 427 g/mol. The molecule has 0 unspecified atom stereocenters. The van der Waals surface area contributed by atoms with E-state index in [1.165, 1.54) is 22.3 Å². The van der Waals surface area contributed by atoms with Crippen LogP contribution >= 0.6 is 22.9 Å². The summed E-state index contributed by atoms with van der Waals surface area (Å²) in [5.41, 5.74) is 4.32. The SMILES string of the molecule is Cc1nc2sccn2c(=O)c1CCN1CCC(c2c[nH]c3ccc(Cl)cc23)CC1. The standard InChI is InChI=1S/C22H23ClN4OS/c1-14-17(21(28)27-10-11-29-22(27)25-14)6-9-26-7-4-15(5-8-26)19-13-24-20-3-2-16(23)12-18(19)20/h2-3,10-13,15,24H,4-9H2,1H3. The Hall–Kier alpha value is -2.15. The van der Waals surface area contributed by atoms with Gasteiger partial charge in [0.2, 0.25) is 0 Å². The summed E-state index contributed by atoms with van der Waals surface area (Å²) < 4.78 is 1.67. The van der Waals surface area contributed by atoms with Crippen molar-refractivity contribution in [1.82, 2.24) is 19.3 Å². The van der Waals surface area contributed by atoms with Gasteiger partial charge in [-0.25, -0.2) is 4.98 Å². The van der Waals surface area contributed by atoms with Crippen LogP contribution in [0.1, 0.15) is 35.6 Å². The minimum atomic E-state index is 0.0827. The van der Waals surface area contributed by atoms with Crippen molar-refractivity contribution >= 4 is 38.8 Å². The number of H-pyrrole nitrogens is 1. The lowest BCUT2D eigenvalue weighted by Crippen LogP contribution is -2.35. The number of piperidine rings is 1. The monoisotopic (exact) mass is 426 g/mol. The molecule has 150 valence electrons. The zero-order chi connectivity index (χ0) is 20.0. The van der Waals surface area contributed by atoms with Gasteiger partial charge in [0.15, 0.2) is 4.96 Å². The van der Waals surface area contributed by atoms with Crippen LogP contribution in [0, 0.1) is 6.92 Å². The summed E-state index contributed by atoms with van der Waals surface area (Å²) in [6.07, 6.45) is 6.97. The molecule has 29 heavy (non-hydrogen) atoms. The van der Waals surface area contributed by atoms with Crippen molar-refractivity contribution in [2.24, 2.45) is 0 Å². The van der Waals surface area contributed by atoms with Gasteiger partial charge in [0.1, 0.15) is 0 Å². The van der Waals surface area contributed by atoms with Crippen LogP contribution in [-0.4, -0.2) is 38.9 Å². The van der Waals surface area contributed by atoms with Gasteiger partial charge < -0.3 is 9.88 Å². The topological polar surface area (TPSA) is 53.4 Å². The maximum atomic E-state index is 12.7. The fourth-order valence-electron chi connectivity index (χ4n) is 4.50. The molecule has 1 N–H and O–H groups in total. The lowest BCUT2D eigenvalue weighted by Gasteiger charge is -2.32. The molecule has 0 bridgehead atoms. The van der Waals surface area contributed by atoms with E-state index >= 15 is 0 Å². The van der Waals surface area contributed by atoms with Crippen LogP contribution in [-0.2, 0) is 6.42 Å². The molecule has 0 radical (unpaired) electrons. The highest BCUT2D eigenvalue weighted by molar-refractivity contribution is 7.15. The number of fused-ring (bicyclic) bond motifs is 2. The third-order valence-corrected chi connectivity index (χ3v) is 7.14. The van der Waals surface area contributed by atoms with E-state index in [2.05, 4.69) is 33.2 Å². The van der Waals surface area contributed by atoms with Gasteiger partial charge in [0, 0.05) is 51.5 Å². The minimum Gasteiger partial charge on any atom is -0.361 e. The van der Waals surface area contributed by atoms with Crippen molar-refractivity contribution in [2.45, 2.75) is 32.1 Å². The van der Waals surface area contributed by atoms with Crippen molar-refractivity contribution in [2.75, 3.05) is 19.6 Å². The Labute approximate surface area is 178 Å². The van der Waals surface area contributed by atoms with E-state index in [1.807, 2.05) is 24.6 Å². The highest BCUT2D eigenvalue weighted by Gasteiger charge is 2.23. The van der Waals surface area contributed by atoms with Crippen molar-refractivity contribution in [3.8, 4) is 0 Å². The summed E-state index contributed by atoms with van der Waals surface area (Å²) in [5, 5.41) is 3.94. The highest BCUT2D eigenvalue weighted by Crippen LogP contribution is 2.34. The number of nitrogens with one attached hydrogen (secondary N) is 1. The van der Waals surface area contributed by atoms with E-state index in [1.54, 1.807) is 4.40 Å². The normalized spacial score (nSPS) is 16.2. The lowest BCUT2D eigenvalue weighted by molar-refractivity contribution is 0.215. The lowest BCUT2D eigenvalue weighted by atomic mass is 9.89. The predicted molar refractivity (Wildman–Crippen MR) is 120 cm³/mol. The van der Waals surface area contributed by atoms with Crippen LogP contribution < -0.4 is 5.56 Å². The fraction of sp³-hybridized carbons (Fsp3) is 0.364. The molecule has 1 aromatic carbocycles. The molecule has 5 nitrogen and oxygen atoms in total. The van der Waals surface area contributed by atoms with Crippen LogP contribution in [0.2, 0.25) is 5.02 Å². The van der Waals surface area contributed by atoms with Crippen molar-refractivity contribution in [3.05, 3.63) is 68.2 Å². The van der Waals surface area contributed by atoms with E-state index in [4.69, 9.17) is 11.6 Å². The number of halogens is 1. The predicted octanol–water partition coefficient (Wildman–Crippen LogP) is 4.62. The first-order valence-electron chi connectivity index (χ1n) is 10.0. The van der Waals surface area contributed by atoms with Crippen LogP contribution in [0.5, 0.6) is 0 Å². The molecule has 0 aliphatic carbocycles. The number of hydrogen-bond acceptors (Lipinski definition) is 4. The van der Waals surface area contributed by atoms with Crippen LogP contribution in [0.15, 0.2) is 40.8 Å². The molecular weight excluding hydrogens is 404 g/mol. The van der Waals surface area contributed by atoms with Crippen LogP contribution in [0.25, 0.3) is 15.9 Å². The third-order valence-electron chi connectivity index (χ3n) is 6.15. The third kappa shape index (κ3) is 3.50. The van der Waals surface area contributed by atoms with Gasteiger partial charge in [-0.15, -0.1) is 11.3 Å². The smallest absolute Gasteiger partial charge is 0.261 e. The maximum Gasteiger partial charge on any atom is 0.261 e. The van der Waals surface area contributed by atoms with Crippen molar-refractivity contribution in [3.63, 3.8) is 0 Å². The molecule has 1 aliphatic heterocycles. The molecule has 0 amide bonds. The van der Waals surface area contributed by atoms with Crippen LogP contribution in [0.3, 0.4) is 0 Å². The summed E-state index contributed by atoms with van der Waals surface area (Å²) in [6, 6.07) is 6.05. The summed E-state index contributed by atoms with van der Waals surface area (Å²) in [6.45, 7) is 4.95. The van der Waals surface area contributed by atoms with Gasteiger partial charge in [-0.2, -0.15) is 0 Å². The Morgan fingerprint density at radius 1 is 1.31 bits per heavy atom. The Morgan fingerprint density at radius 3 is 2.97 bits per heavy atom. The molecule has 3 aromatic heterocycles. The summed E-state index contributed by atoms with van der Waals surface area (Å²) in [4.78, 5) is 24.0. The van der Waals surface area contributed by atoms with E-state index in [0.29, 0.717) is 5.92 Å². The number of rotatable bonds is 4. The molecular formula is C22H23ClN4OS. The number of hydrogen-bond donors (Lipinski definition) is 1. The minimum absolute atomic E-state index is 0.0827. The second kappa shape index (κ2) is 7.59. The highest BCUT2D eigenvalue weighted by atomic mass is 35.5. The quantitative estimate of drug-likeness (QED) is 0.518. The van der Waals surface area contributed by atoms with E-state index in [0.717, 1.165) is 65.7 Å². The number of aryl methyl sites for hydroxylation is 1. The first-order chi connectivity index (χ1) is 14.1. The van der Waals surface area contributed by atoms with Crippen molar-refractivity contribution in [1.29, 1.82) is 0 Å². The van der Waals surface area contributed by atoms with Crippen LogP contribution in [0.4, 0.5) is 0 Å². The van der Waals surface area contributed by atoms with Gasteiger partial charge in [0.25, 0.3) is 5.56 Å². The van der Waals surface area contributed by atoms with E-state index < -0.39 is 0 Å². The largest absolute Gasteiger partial charge is 0.361 e. The van der Waals surface area contributed by atoms with Gasteiger partial charge in [0.05, 0.1) is 0 Å². The number of nitrogens with zero attached hydrogens (tertiary/aromatic N) is 3. The van der Waals surface area contributed by atoms with Gasteiger partial charge in [-0.3, -0.25) is 9.20 Å². The van der Waals surface area contributed by atoms with Gasteiger partial charge in [-0.1, -0.05) is 11.6 Å².